The van der Waals surface area contributed by atoms with Crippen molar-refractivity contribution in [3.63, 3.8) is 0 Å². The molecule has 6 heteroatoms. The molecule has 1 saturated carbocycles. The van der Waals surface area contributed by atoms with E-state index in [2.05, 4.69) is 5.32 Å². The second-order valence-electron chi connectivity index (χ2n) is 6.42. The molecule has 0 bridgehead atoms. The normalized spacial score (nSPS) is 23.1. The third-order valence-corrected chi connectivity index (χ3v) is 4.48. The number of rotatable bonds is 6. The summed E-state index contributed by atoms with van der Waals surface area (Å²) in [7, 11) is 3.90. The van der Waals surface area contributed by atoms with Crippen molar-refractivity contribution >= 4 is 11.8 Å². The molecule has 1 aromatic heterocycles. The van der Waals surface area contributed by atoms with Crippen molar-refractivity contribution in [2.75, 3.05) is 27.2 Å². The minimum atomic E-state index is -0.215. The zero-order valence-corrected chi connectivity index (χ0v) is 13.1. The molecule has 1 aliphatic heterocycles. The minimum absolute atomic E-state index is 0.00408. The SMILES string of the molecule is CN(C)[C@@H](CNC(=O)[C@H]1CC(=O)N(C2CC2)C1)c1ccco1. The van der Waals surface area contributed by atoms with Crippen LogP contribution in [0.5, 0.6) is 0 Å². The first-order valence-corrected chi connectivity index (χ1v) is 7.83. The Balaban J connectivity index is 1.54. The van der Waals surface area contributed by atoms with Crippen LogP contribution in [0.15, 0.2) is 22.8 Å². The number of nitrogens with zero attached hydrogens (tertiary/aromatic N) is 2. The average molecular weight is 305 g/mol. The molecule has 0 radical (unpaired) electrons. The fraction of sp³-hybridized carbons (Fsp3) is 0.625. The molecule has 2 amide bonds. The predicted octanol–water partition coefficient (Wildman–Crippen LogP) is 1.01. The van der Waals surface area contributed by atoms with Crippen LogP contribution in [0.1, 0.15) is 31.1 Å². The Bertz CT molecular complexity index is 537. The zero-order chi connectivity index (χ0) is 15.7. The molecule has 2 heterocycles. The monoisotopic (exact) mass is 305 g/mol. The van der Waals surface area contributed by atoms with Crippen molar-refractivity contribution < 1.29 is 14.0 Å². The second-order valence-corrected chi connectivity index (χ2v) is 6.42. The molecule has 0 aromatic carbocycles. The van der Waals surface area contributed by atoms with Crippen LogP contribution in [0, 0.1) is 5.92 Å². The summed E-state index contributed by atoms with van der Waals surface area (Å²) in [5, 5.41) is 2.98. The largest absolute Gasteiger partial charge is 0.468 e. The molecule has 2 aliphatic rings. The Kier molecular flexibility index (Phi) is 4.20. The predicted molar refractivity (Wildman–Crippen MR) is 81.0 cm³/mol. The lowest BCUT2D eigenvalue weighted by molar-refractivity contribution is -0.129. The summed E-state index contributed by atoms with van der Waals surface area (Å²) >= 11 is 0. The summed E-state index contributed by atoms with van der Waals surface area (Å²) in [5.74, 6) is 0.702. The van der Waals surface area contributed by atoms with E-state index in [-0.39, 0.29) is 23.8 Å². The molecular weight excluding hydrogens is 282 g/mol. The number of amides is 2. The first-order valence-electron chi connectivity index (χ1n) is 7.83. The number of carbonyl (C=O) groups excluding carboxylic acids is 2. The third-order valence-electron chi connectivity index (χ3n) is 4.48. The Hall–Kier alpha value is -1.82. The maximum Gasteiger partial charge on any atom is 0.225 e. The van der Waals surface area contributed by atoms with Gasteiger partial charge in [0.25, 0.3) is 0 Å². The molecule has 0 unspecified atom stereocenters. The fourth-order valence-corrected chi connectivity index (χ4v) is 3.01. The Labute approximate surface area is 130 Å². The molecule has 1 saturated heterocycles. The Morgan fingerprint density at radius 1 is 1.50 bits per heavy atom. The van der Waals surface area contributed by atoms with E-state index in [1.165, 1.54) is 0 Å². The summed E-state index contributed by atoms with van der Waals surface area (Å²) in [4.78, 5) is 28.1. The van der Waals surface area contributed by atoms with Gasteiger partial charge >= 0.3 is 0 Å². The minimum Gasteiger partial charge on any atom is -0.468 e. The van der Waals surface area contributed by atoms with Crippen LogP contribution in [-0.2, 0) is 9.59 Å². The first kappa shape index (κ1) is 15.1. The van der Waals surface area contributed by atoms with Gasteiger partial charge in [-0.05, 0) is 39.1 Å². The van der Waals surface area contributed by atoms with E-state index in [1.54, 1.807) is 6.26 Å². The lowest BCUT2D eigenvalue weighted by atomic mass is 10.1. The van der Waals surface area contributed by atoms with Gasteiger partial charge in [-0.15, -0.1) is 0 Å². The van der Waals surface area contributed by atoms with Gasteiger partial charge in [0.05, 0.1) is 18.2 Å². The lowest BCUT2D eigenvalue weighted by Gasteiger charge is -2.23. The maximum absolute atomic E-state index is 12.3. The fourth-order valence-electron chi connectivity index (χ4n) is 3.01. The summed E-state index contributed by atoms with van der Waals surface area (Å²) in [6.45, 7) is 1.05. The average Bonchev–Trinajstić information content (AvgIpc) is 3.02. The highest BCUT2D eigenvalue weighted by Crippen LogP contribution is 2.32. The van der Waals surface area contributed by atoms with Gasteiger partial charge in [-0.1, -0.05) is 0 Å². The van der Waals surface area contributed by atoms with E-state index in [9.17, 15) is 9.59 Å². The molecule has 1 aromatic rings. The molecule has 3 rings (SSSR count). The van der Waals surface area contributed by atoms with Crippen molar-refractivity contribution in [3.05, 3.63) is 24.2 Å². The summed E-state index contributed by atoms with van der Waals surface area (Å²) in [6, 6.07) is 4.14. The van der Waals surface area contributed by atoms with Crippen molar-refractivity contribution in [3.8, 4) is 0 Å². The summed E-state index contributed by atoms with van der Waals surface area (Å²) in [6.07, 6.45) is 4.15. The second kappa shape index (κ2) is 6.12. The smallest absolute Gasteiger partial charge is 0.225 e. The number of hydrogen-bond acceptors (Lipinski definition) is 4. The molecule has 6 nitrogen and oxygen atoms in total. The van der Waals surface area contributed by atoms with Gasteiger partial charge in [-0.2, -0.15) is 0 Å². The standard InChI is InChI=1S/C16H23N3O3/c1-18(2)13(14-4-3-7-22-14)9-17-16(21)11-8-15(20)19(10-11)12-5-6-12/h3-4,7,11-13H,5-6,8-10H2,1-2H3,(H,17,21)/t11-,13-/m0/s1. The first-order chi connectivity index (χ1) is 10.6. The van der Waals surface area contributed by atoms with Crippen molar-refractivity contribution in [2.45, 2.75) is 31.3 Å². The van der Waals surface area contributed by atoms with Gasteiger partial charge in [0.15, 0.2) is 0 Å². The number of hydrogen-bond donors (Lipinski definition) is 1. The topological polar surface area (TPSA) is 65.8 Å². The van der Waals surface area contributed by atoms with Gasteiger partial charge in [0.2, 0.25) is 11.8 Å². The van der Waals surface area contributed by atoms with Crippen LogP contribution < -0.4 is 5.32 Å². The van der Waals surface area contributed by atoms with Gasteiger partial charge in [0, 0.05) is 25.6 Å². The zero-order valence-electron chi connectivity index (χ0n) is 13.1. The van der Waals surface area contributed by atoms with Crippen LogP contribution in [0.2, 0.25) is 0 Å². The van der Waals surface area contributed by atoms with E-state index in [0.29, 0.717) is 25.6 Å². The maximum atomic E-state index is 12.3. The summed E-state index contributed by atoms with van der Waals surface area (Å²) in [5.41, 5.74) is 0. The third kappa shape index (κ3) is 3.16. The summed E-state index contributed by atoms with van der Waals surface area (Å²) < 4.78 is 5.43. The van der Waals surface area contributed by atoms with Crippen molar-refractivity contribution in [1.82, 2.24) is 15.1 Å². The van der Waals surface area contributed by atoms with Crippen LogP contribution in [0.4, 0.5) is 0 Å². The van der Waals surface area contributed by atoms with Gasteiger partial charge in [0.1, 0.15) is 5.76 Å². The molecule has 2 fully saturated rings. The molecule has 120 valence electrons. The van der Waals surface area contributed by atoms with E-state index in [1.807, 2.05) is 36.0 Å². The number of nitrogens with one attached hydrogen (secondary N) is 1. The Morgan fingerprint density at radius 3 is 2.86 bits per heavy atom. The Morgan fingerprint density at radius 2 is 2.27 bits per heavy atom. The molecular formula is C16H23N3O3. The van der Waals surface area contributed by atoms with E-state index < -0.39 is 0 Å². The van der Waals surface area contributed by atoms with Crippen LogP contribution in [0.3, 0.4) is 0 Å². The highest BCUT2D eigenvalue weighted by molar-refractivity contribution is 5.89. The number of likely N-dealkylation sites (N-methyl/N-ethyl adjacent to an activating group) is 1. The van der Waals surface area contributed by atoms with E-state index in [0.717, 1.165) is 18.6 Å². The van der Waals surface area contributed by atoms with Gasteiger partial charge in [-0.25, -0.2) is 0 Å². The number of carbonyl (C=O) groups is 2. The van der Waals surface area contributed by atoms with Gasteiger partial charge in [-0.3, -0.25) is 14.5 Å². The number of furan rings is 1. The van der Waals surface area contributed by atoms with Crippen molar-refractivity contribution in [2.24, 2.45) is 5.92 Å². The molecule has 2 atom stereocenters. The quantitative estimate of drug-likeness (QED) is 0.852. The molecule has 1 N–H and O–H groups in total. The van der Waals surface area contributed by atoms with Crippen molar-refractivity contribution in [1.29, 1.82) is 0 Å². The molecule has 22 heavy (non-hydrogen) atoms. The van der Waals surface area contributed by atoms with E-state index in [4.69, 9.17) is 4.42 Å². The lowest BCUT2D eigenvalue weighted by Crippen LogP contribution is -2.38. The van der Waals surface area contributed by atoms with Crippen LogP contribution in [0.25, 0.3) is 0 Å². The van der Waals surface area contributed by atoms with Crippen LogP contribution >= 0.6 is 0 Å². The molecule has 0 spiro atoms. The number of likely N-dealkylation sites (tertiary alicyclic amines) is 1. The van der Waals surface area contributed by atoms with Crippen LogP contribution in [-0.4, -0.2) is 54.8 Å². The van der Waals surface area contributed by atoms with E-state index >= 15 is 0 Å². The highest BCUT2D eigenvalue weighted by Gasteiger charge is 2.41. The molecule has 1 aliphatic carbocycles. The highest BCUT2D eigenvalue weighted by atomic mass is 16.3. The van der Waals surface area contributed by atoms with Gasteiger partial charge < -0.3 is 14.6 Å².